The molecule has 1 heterocycles. The van der Waals surface area contributed by atoms with Gasteiger partial charge in [0.2, 0.25) is 0 Å². The molecule has 0 atom stereocenters. The number of aromatic nitrogens is 2. The van der Waals surface area contributed by atoms with Gasteiger partial charge < -0.3 is 10.4 Å². The zero-order chi connectivity index (χ0) is 13.5. The van der Waals surface area contributed by atoms with E-state index in [1.165, 1.54) is 18.4 Å². The second-order valence-electron chi connectivity index (χ2n) is 5.31. The standard InChI is InChI=1S/C14H27N3O/c1-11(2)6-5-7-15-10-14-12(3)16-17(8-9-18)13(14)4/h11,15,18H,5-10H2,1-4H3. The van der Waals surface area contributed by atoms with E-state index in [1.807, 2.05) is 11.6 Å². The molecule has 104 valence electrons. The molecule has 4 nitrogen and oxygen atoms in total. The molecule has 0 unspecified atom stereocenters. The molecule has 1 aromatic rings. The van der Waals surface area contributed by atoms with Gasteiger partial charge in [-0.25, -0.2) is 0 Å². The van der Waals surface area contributed by atoms with Crippen LogP contribution in [0.25, 0.3) is 0 Å². The number of nitrogens with zero attached hydrogens (tertiary/aromatic N) is 2. The molecule has 0 aromatic carbocycles. The minimum absolute atomic E-state index is 0.142. The maximum Gasteiger partial charge on any atom is 0.0644 e. The average molecular weight is 253 g/mol. The molecule has 0 fully saturated rings. The Morgan fingerprint density at radius 3 is 2.67 bits per heavy atom. The molecule has 0 saturated carbocycles. The topological polar surface area (TPSA) is 50.1 Å². The van der Waals surface area contributed by atoms with Crippen molar-refractivity contribution in [2.75, 3.05) is 13.2 Å². The Bertz CT molecular complexity index is 358. The highest BCUT2D eigenvalue weighted by atomic mass is 16.3. The minimum atomic E-state index is 0.142. The predicted molar refractivity (Wildman–Crippen MR) is 74.6 cm³/mol. The summed E-state index contributed by atoms with van der Waals surface area (Å²) in [5, 5.41) is 16.9. The molecule has 0 amide bonds. The SMILES string of the molecule is Cc1nn(CCO)c(C)c1CNCCCC(C)C. The smallest absolute Gasteiger partial charge is 0.0644 e. The number of aryl methyl sites for hydroxylation is 1. The molecule has 2 N–H and O–H groups in total. The molecule has 0 bridgehead atoms. The van der Waals surface area contributed by atoms with E-state index >= 15 is 0 Å². The van der Waals surface area contributed by atoms with E-state index in [1.54, 1.807) is 0 Å². The summed E-state index contributed by atoms with van der Waals surface area (Å²) in [6.07, 6.45) is 2.50. The van der Waals surface area contributed by atoms with E-state index in [4.69, 9.17) is 5.11 Å². The fraction of sp³-hybridized carbons (Fsp3) is 0.786. The van der Waals surface area contributed by atoms with Gasteiger partial charge in [0.1, 0.15) is 0 Å². The van der Waals surface area contributed by atoms with Gasteiger partial charge in [-0.15, -0.1) is 0 Å². The Morgan fingerprint density at radius 1 is 1.33 bits per heavy atom. The summed E-state index contributed by atoms with van der Waals surface area (Å²) in [5.74, 6) is 0.780. The van der Waals surface area contributed by atoms with Crippen LogP contribution in [0.15, 0.2) is 0 Å². The maximum atomic E-state index is 8.97. The van der Waals surface area contributed by atoms with Crippen molar-refractivity contribution in [1.29, 1.82) is 0 Å². The second-order valence-corrected chi connectivity index (χ2v) is 5.31. The lowest BCUT2D eigenvalue weighted by molar-refractivity contribution is 0.267. The molecule has 4 heteroatoms. The summed E-state index contributed by atoms with van der Waals surface area (Å²) >= 11 is 0. The Hall–Kier alpha value is -0.870. The monoisotopic (exact) mass is 253 g/mol. The summed E-state index contributed by atoms with van der Waals surface area (Å²) in [5.41, 5.74) is 3.50. The zero-order valence-electron chi connectivity index (χ0n) is 12.2. The van der Waals surface area contributed by atoms with Gasteiger partial charge in [0, 0.05) is 17.8 Å². The highest BCUT2D eigenvalue weighted by Gasteiger charge is 2.10. The Morgan fingerprint density at radius 2 is 2.06 bits per heavy atom. The first-order valence-corrected chi connectivity index (χ1v) is 6.90. The van der Waals surface area contributed by atoms with Crippen LogP contribution in [0, 0.1) is 19.8 Å². The van der Waals surface area contributed by atoms with Crippen LogP contribution >= 0.6 is 0 Å². The van der Waals surface area contributed by atoms with E-state index < -0.39 is 0 Å². The largest absolute Gasteiger partial charge is 0.394 e. The third-order valence-corrected chi connectivity index (χ3v) is 3.28. The molecule has 0 saturated heterocycles. The van der Waals surface area contributed by atoms with Gasteiger partial charge in [-0.1, -0.05) is 13.8 Å². The molecular weight excluding hydrogens is 226 g/mol. The fourth-order valence-corrected chi connectivity index (χ4v) is 2.15. The van der Waals surface area contributed by atoms with Crippen molar-refractivity contribution in [1.82, 2.24) is 15.1 Å². The van der Waals surface area contributed by atoms with Gasteiger partial charge in [0.05, 0.1) is 18.8 Å². The summed E-state index contributed by atoms with van der Waals surface area (Å²) in [6.45, 7) is 11.3. The Labute approximate surface area is 110 Å². The summed E-state index contributed by atoms with van der Waals surface area (Å²) in [4.78, 5) is 0. The van der Waals surface area contributed by atoms with Crippen LogP contribution in [-0.4, -0.2) is 28.0 Å². The van der Waals surface area contributed by atoms with Crippen molar-refractivity contribution < 1.29 is 5.11 Å². The third-order valence-electron chi connectivity index (χ3n) is 3.28. The average Bonchev–Trinajstić information content (AvgIpc) is 2.56. The number of hydrogen-bond acceptors (Lipinski definition) is 3. The van der Waals surface area contributed by atoms with Crippen LogP contribution in [0.4, 0.5) is 0 Å². The lowest BCUT2D eigenvalue weighted by Crippen LogP contribution is -2.16. The van der Waals surface area contributed by atoms with Crippen LogP contribution in [0.5, 0.6) is 0 Å². The van der Waals surface area contributed by atoms with Crippen LogP contribution in [-0.2, 0) is 13.1 Å². The summed E-state index contributed by atoms with van der Waals surface area (Å²) in [7, 11) is 0. The first-order valence-electron chi connectivity index (χ1n) is 6.90. The number of hydrogen-bond donors (Lipinski definition) is 2. The highest BCUT2D eigenvalue weighted by molar-refractivity contribution is 5.24. The molecule has 0 aliphatic carbocycles. The molecule has 0 aliphatic rings. The summed E-state index contributed by atoms with van der Waals surface area (Å²) < 4.78 is 1.89. The van der Waals surface area contributed by atoms with Crippen molar-refractivity contribution in [3.63, 3.8) is 0 Å². The van der Waals surface area contributed by atoms with Crippen LogP contribution in [0.2, 0.25) is 0 Å². The lowest BCUT2D eigenvalue weighted by Gasteiger charge is -2.07. The number of rotatable bonds is 8. The predicted octanol–water partition coefficient (Wildman–Crippen LogP) is 2.02. The highest BCUT2D eigenvalue weighted by Crippen LogP contribution is 2.12. The quantitative estimate of drug-likeness (QED) is 0.697. The van der Waals surface area contributed by atoms with Gasteiger partial charge in [0.15, 0.2) is 0 Å². The zero-order valence-corrected chi connectivity index (χ0v) is 12.2. The van der Waals surface area contributed by atoms with Gasteiger partial charge in [0.25, 0.3) is 0 Å². The Balaban J connectivity index is 2.42. The third kappa shape index (κ3) is 4.42. The number of aliphatic hydroxyl groups is 1. The van der Waals surface area contributed by atoms with Crippen LogP contribution < -0.4 is 5.32 Å². The van der Waals surface area contributed by atoms with Gasteiger partial charge >= 0.3 is 0 Å². The molecule has 1 aromatic heterocycles. The minimum Gasteiger partial charge on any atom is -0.394 e. The normalized spacial score (nSPS) is 11.4. The van der Waals surface area contributed by atoms with Crippen molar-refractivity contribution in [2.24, 2.45) is 5.92 Å². The molecule has 18 heavy (non-hydrogen) atoms. The molecule has 1 rings (SSSR count). The van der Waals surface area contributed by atoms with E-state index in [0.29, 0.717) is 6.54 Å². The molecular formula is C14H27N3O. The maximum absolute atomic E-state index is 8.97. The van der Waals surface area contributed by atoms with E-state index in [2.05, 4.69) is 31.2 Å². The number of nitrogens with one attached hydrogen (secondary N) is 1. The van der Waals surface area contributed by atoms with E-state index in [0.717, 1.165) is 30.4 Å². The lowest BCUT2D eigenvalue weighted by atomic mass is 10.1. The summed E-state index contributed by atoms with van der Waals surface area (Å²) in [6, 6.07) is 0. The van der Waals surface area contributed by atoms with Crippen molar-refractivity contribution >= 4 is 0 Å². The molecule has 0 aliphatic heterocycles. The molecule has 0 spiro atoms. The van der Waals surface area contributed by atoms with Crippen molar-refractivity contribution in [2.45, 2.75) is 53.6 Å². The van der Waals surface area contributed by atoms with Gasteiger partial charge in [-0.2, -0.15) is 5.10 Å². The van der Waals surface area contributed by atoms with E-state index in [9.17, 15) is 0 Å². The van der Waals surface area contributed by atoms with Gasteiger partial charge in [-0.05, 0) is 39.2 Å². The first-order chi connectivity index (χ1) is 8.56. The molecule has 0 radical (unpaired) electrons. The van der Waals surface area contributed by atoms with Crippen LogP contribution in [0.1, 0.15) is 43.6 Å². The second kappa shape index (κ2) is 7.54. The van der Waals surface area contributed by atoms with Crippen molar-refractivity contribution in [3.8, 4) is 0 Å². The van der Waals surface area contributed by atoms with Crippen LogP contribution in [0.3, 0.4) is 0 Å². The Kier molecular flexibility index (Phi) is 6.36. The fourth-order valence-electron chi connectivity index (χ4n) is 2.15. The van der Waals surface area contributed by atoms with Gasteiger partial charge in [-0.3, -0.25) is 4.68 Å². The number of aliphatic hydroxyl groups excluding tert-OH is 1. The van der Waals surface area contributed by atoms with E-state index in [-0.39, 0.29) is 6.61 Å². The first kappa shape index (κ1) is 15.2. The van der Waals surface area contributed by atoms with Crippen molar-refractivity contribution in [3.05, 3.63) is 17.0 Å².